The summed E-state index contributed by atoms with van der Waals surface area (Å²) in [6.07, 6.45) is 9.41. The minimum absolute atomic E-state index is 0.395. The second-order valence-corrected chi connectivity index (χ2v) is 14.3. The molecule has 0 atom stereocenters. The van der Waals surface area contributed by atoms with E-state index in [1.54, 1.807) is 0 Å². The number of fused-ring (bicyclic) bond motifs is 2. The zero-order valence-corrected chi connectivity index (χ0v) is 31.1. The Labute approximate surface area is 322 Å². The average molecular weight is 713 g/mol. The number of hydrogen-bond acceptors (Lipinski definition) is 6. The van der Waals surface area contributed by atoms with Crippen molar-refractivity contribution in [2.75, 3.05) is 14.7 Å². The monoisotopic (exact) mass is 712 g/mol. The predicted octanol–water partition coefficient (Wildman–Crippen LogP) is 12.9. The lowest BCUT2D eigenvalue weighted by molar-refractivity contribution is 0.631. The minimum Gasteiger partial charge on any atom is -0.310 e. The summed E-state index contributed by atoms with van der Waals surface area (Å²) in [5, 5.41) is 0. The molecular formula is C49H40N6. The van der Waals surface area contributed by atoms with E-state index < -0.39 is 5.41 Å². The van der Waals surface area contributed by atoms with Crippen molar-refractivity contribution >= 4 is 51.3 Å². The molecule has 0 aliphatic carbocycles. The lowest BCUT2D eigenvalue weighted by Crippen LogP contribution is -2.31. The molecule has 6 nitrogen and oxygen atoms in total. The predicted molar refractivity (Wildman–Crippen MR) is 226 cm³/mol. The Kier molecular flexibility index (Phi) is 8.63. The number of benzene rings is 5. The van der Waals surface area contributed by atoms with Crippen molar-refractivity contribution in [3.63, 3.8) is 0 Å². The third kappa shape index (κ3) is 6.17. The molecule has 0 N–H and O–H groups in total. The van der Waals surface area contributed by atoms with Crippen LogP contribution >= 0.6 is 0 Å². The van der Waals surface area contributed by atoms with E-state index in [0.29, 0.717) is 0 Å². The fourth-order valence-corrected chi connectivity index (χ4v) is 7.86. The standard InChI is InChI=1S/C49H40N6/c1-35-31-48(52-34-43(35)36-13-7-4-8-14-36)55-46-21-19-41(53(37-15-9-5-10-16-37)39-23-27-50-28-24-39)32-44(46)49(2,3)45-33-42(20-22-47(45)55)54(38-17-11-6-12-18-38)40-25-29-51-30-26-40/h4-34H,1-3H3. The van der Waals surface area contributed by atoms with Gasteiger partial charge in [-0.25, -0.2) is 4.98 Å². The molecule has 55 heavy (non-hydrogen) atoms. The zero-order chi connectivity index (χ0) is 37.4. The summed E-state index contributed by atoms with van der Waals surface area (Å²) in [5.74, 6) is 0.874. The van der Waals surface area contributed by atoms with E-state index in [2.05, 4.69) is 197 Å². The van der Waals surface area contributed by atoms with Crippen LogP contribution in [0.2, 0.25) is 0 Å². The molecule has 1 aliphatic rings. The topological polar surface area (TPSA) is 48.4 Å². The Balaban J connectivity index is 1.26. The quantitative estimate of drug-likeness (QED) is 0.156. The Morgan fingerprint density at radius 1 is 0.473 bits per heavy atom. The summed E-state index contributed by atoms with van der Waals surface area (Å²) in [4.78, 5) is 20.8. The zero-order valence-electron chi connectivity index (χ0n) is 31.1. The largest absolute Gasteiger partial charge is 0.310 e. The first-order valence-corrected chi connectivity index (χ1v) is 18.6. The molecule has 1 aliphatic heterocycles. The van der Waals surface area contributed by atoms with Crippen LogP contribution in [0.4, 0.5) is 51.3 Å². The molecule has 0 bridgehead atoms. The highest BCUT2D eigenvalue weighted by atomic mass is 15.2. The first kappa shape index (κ1) is 33.8. The second kappa shape index (κ2) is 14.1. The summed E-state index contributed by atoms with van der Waals surface area (Å²) in [6.45, 7) is 6.85. The highest BCUT2D eigenvalue weighted by Crippen LogP contribution is 2.54. The summed E-state index contributed by atoms with van der Waals surface area (Å²) in [7, 11) is 0. The van der Waals surface area contributed by atoms with Gasteiger partial charge in [-0.1, -0.05) is 80.6 Å². The molecule has 8 aromatic rings. The van der Waals surface area contributed by atoms with Gasteiger partial charge in [0.25, 0.3) is 0 Å². The van der Waals surface area contributed by atoms with Crippen molar-refractivity contribution in [3.05, 3.63) is 205 Å². The Morgan fingerprint density at radius 2 is 0.909 bits per heavy atom. The number of pyridine rings is 3. The fourth-order valence-electron chi connectivity index (χ4n) is 7.86. The van der Waals surface area contributed by atoms with E-state index in [1.807, 2.05) is 37.1 Å². The fraction of sp³-hybridized carbons (Fsp3) is 0.0816. The number of rotatable bonds is 8. The van der Waals surface area contributed by atoms with Gasteiger partial charge in [0.05, 0.1) is 11.4 Å². The van der Waals surface area contributed by atoms with Crippen LogP contribution in [0.3, 0.4) is 0 Å². The van der Waals surface area contributed by atoms with Crippen LogP contribution in [0.1, 0.15) is 30.5 Å². The normalized spacial score (nSPS) is 12.7. The minimum atomic E-state index is -0.395. The molecule has 0 unspecified atom stereocenters. The van der Waals surface area contributed by atoms with Gasteiger partial charge in [-0.2, -0.15) is 0 Å². The molecular weight excluding hydrogens is 673 g/mol. The molecule has 4 heterocycles. The van der Waals surface area contributed by atoms with E-state index in [1.165, 1.54) is 16.7 Å². The maximum Gasteiger partial charge on any atom is 0.137 e. The van der Waals surface area contributed by atoms with Crippen LogP contribution in [-0.4, -0.2) is 15.0 Å². The van der Waals surface area contributed by atoms with Gasteiger partial charge < -0.3 is 9.80 Å². The van der Waals surface area contributed by atoms with Gasteiger partial charge in [0.1, 0.15) is 5.82 Å². The van der Waals surface area contributed by atoms with Crippen molar-refractivity contribution in [2.24, 2.45) is 0 Å². The van der Waals surface area contributed by atoms with Crippen LogP contribution in [0.5, 0.6) is 0 Å². The van der Waals surface area contributed by atoms with Gasteiger partial charge in [0.15, 0.2) is 0 Å². The van der Waals surface area contributed by atoms with Crippen LogP contribution in [0.15, 0.2) is 189 Å². The molecule has 3 aromatic heterocycles. The number of anilines is 9. The van der Waals surface area contributed by atoms with Crippen LogP contribution in [-0.2, 0) is 5.41 Å². The molecule has 0 fully saturated rings. The summed E-state index contributed by atoms with van der Waals surface area (Å²) >= 11 is 0. The summed E-state index contributed by atoms with van der Waals surface area (Å²) in [5.41, 5.74) is 14.0. The highest BCUT2D eigenvalue weighted by Gasteiger charge is 2.39. The maximum absolute atomic E-state index is 5.18. The van der Waals surface area contributed by atoms with Gasteiger partial charge >= 0.3 is 0 Å². The Hall–Kier alpha value is -7.05. The molecule has 266 valence electrons. The van der Waals surface area contributed by atoms with Gasteiger partial charge in [-0.3, -0.25) is 14.9 Å². The van der Waals surface area contributed by atoms with Crippen molar-refractivity contribution < 1.29 is 0 Å². The van der Waals surface area contributed by atoms with Crippen molar-refractivity contribution in [3.8, 4) is 11.1 Å². The number of para-hydroxylation sites is 2. The van der Waals surface area contributed by atoms with E-state index >= 15 is 0 Å². The third-order valence-corrected chi connectivity index (χ3v) is 10.6. The second-order valence-electron chi connectivity index (χ2n) is 14.3. The first-order valence-electron chi connectivity index (χ1n) is 18.6. The SMILES string of the molecule is Cc1cc(N2c3ccc(N(c4ccccc4)c4ccncc4)cc3C(C)(C)c3cc(N(c4ccccc4)c4ccncc4)ccc32)ncc1-c1ccccc1. The lowest BCUT2D eigenvalue weighted by Gasteiger charge is -2.43. The smallest absolute Gasteiger partial charge is 0.137 e. The Morgan fingerprint density at radius 3 is 1.36 bits per heavy atom. The van der Waals surface area contributed by atoms with Crippen molar-refractivity contribution in [2.45, 2.75) is 26.2 Å². The number of aryl methyl sites for hydroxylation is 1. The van der Waals surface area contributed by atoms with Gasteiger partial charge in [0, 0.05) is 76.1 Å². The lowest BCUT2D eigenvalue weighted by atomic mass is 9.73. The van der Waals surface area contributed by atoms with E-state index in [0.717, 1.165) is 62.4 Å². The summed E-state index contributed by atoms with van der Waals surface area (Å²) < 4.78 is 0. The van der Waals surface area contributed by atoms with Crippen molar-refractivity contribution in [1.82, 2.24) is 15.0 Å². The average Bonchev–Trinajstić information content (AvgIpc) is 3.23. The molecule has 5 aromatic carbocycles. The number of hydrogen-bond donors (Lipinski definition) is 0. The van der Waals surface area contributed by atoms with E-state index in [-0.39, 0.29) is 0 Å². The third-order valence-electron chi connectivity index (χ3n) is 10.6. The van der Waals surface area contributed by atoms with Gasteiger partial charge in [-0.15, -0.1) is 0 Å². The first-order chi connectivity index (χ1) is 27.0. The van der Waals surface area contributed by atoms with E-state index in [9.17, 15) is 0 Å². The van der Waals surface area contributed by atoms with Crippen molar-refractivity contribution in [1.29, 1.82) is 0 Å². The van der Waals surface area contributed by atoms with Gasteiger partial charge in [-0.05, 0) is 120 Å². The number of nitrogens with zero attached hydrogens (tertiary/aromatic N) is 6. The maximum atomic E-state index is 5.18. The Bertz CT molecular complexity index is 2360. The molecule has 0 spiro atoms. The molecule has 0 amide bonds. The van der Waals surface area contributed by atoms with Crippen LogP contribution in [0.25, 0.3) is 11.1 Å². The van der Waals surface area contributed by atoms with Gasteiger partial charge in [0.2, 0.25) is 0 Å². The molecule has 0 saturated heterocycles. The molecule has 0 saturated carbocycles. The molecule has 9 rings (SSSR count). The van der Waals surface area contributed by atoms with E-state index in [4.69, 9.17) is 4.98 Å². The highest BCUT2D eigenvalue weighted by molar-refractivity contribution is 5.90. The molecule has 0 radical (unpaired) electrons. The van der Waals surface area contributed by atoms with Crippen LogP contribution in [0, 0.1) is 6.92 Å². The van der Waals surface area contributed by atoms with Crippen LogP contribution < -0.4 is 14.7 Å². The number of aromatic nitrogens is 3. The molecule has 6 heteroatoms. The summed E-state index contributed by atoms with van der Waals surface area (Å²) in [6, 6.07) is 55.7.